The number of fused-ring (bicyclic) bond motifs is 1. The Balaban J connectivity index is 2.15. The molecule has 2 aromatic carbocycles. The van der Waals surface area contributed by atoms with E-state index in [1.165, 1.54) is 23.5 Å². The molecule has 4 nitrogen and oxygen atoms in total. The minimum atomic E-state index is -0.976. The molecule has 0 aliphatic heterocycles. The first kappa shape index (κ1) is 12.9. The van der Waals surface area contributed by atoms with Gasteiger partial charge in [-0.2, -0.15) is 0 Å². The van der Waals surface area contributed by atoms with Crippen LogP contribution in [0.15, 0.2) is 36.4 Å². The molecule has 3 aromatic rings. The normalized spacial score (nSPS) is 10.8. The second kappa shape index (κ2) is 4.77. The lowest BCUT2D eigenvalue weighted by atomic mass is 10.2. The van der Waals surface area contributed by atoms with Gasteiger partial charge in [0.25, 0.3) is 0 Å². The molecular formula is C14H8ClNO3S. The quantitative estimate of drug-likeness (QED) is 0.750. The zero-order valence-corrected chi connectivity index (χ0v) is 11.6. The van der Waals surface area contributed by atoms with Crippen LogP contribution in [-0.4, -0.2) is 21.2 Å². The van der Waals surface area contributed by atoms with Crippen molar-refractivity contribution < 1.29 is 15.0 Å². The maximum Gasteiger partial charge on any atom is 0.335 e. The summed E-state index contributed by atoms with van der Waals surface area (Å²) in [6, 6.07) is 9.55. The van der Waals surface area contributed by atoms with E-state index in [-0.39, 0.29) is 11.3 Å². The van der Waals surface area contributed by atoms with Gasteiger partial charge in [0.1, 0.15) is 10.8 Å². The smallest absolute Gasteiger partial charge is 0.335 e. The monoisotopic (exact) mass is 305 g/mol. The highest BCUT2D eigenvalue weighted by atomic mass is 35.5. The topological polar surface area (TPSA) is 70.4 Å². The highest BCUT2D eigenvalue weighted by Gasteiger charge is 2.12. The molecular weight excluding hydrogens is 298 g/mol. The summed E-state index contributed by atoms with van der Waals surface area (Å²) in [7, 11) is 0. The number of rotatable bonds is 2. The number of aromatic carboxylic acids is 1. The van der Waals surface area contributed by atoms with Gasteiger partial charge in [0.15, 0.2) is 0 Å². The fourth-order valence-electron chi connectivity index (χ4n) is 1.86. The van der Waals surface area contributed by atoms with Crippen LogP contribution in [0, 0.1) is 0 Å². The standard InChI is InChI=1S/C14H8ClNO3S/c15-8-2-3-9(11(17)6-8)13-16-10-4-1-7(14(18)19)5-12(10)20-13/h1-6,17H,(H,18,19). The van der Waals surface area contributed by atoms with Crippen molar-refractivity contribution in [1.29, 1.82) is 0 Å². The molecule has 0 aliphatic carbocycles. The van der Waals surface area contributed by atoms with Crippen LogP contribution in [0.2, 0.25) is 5.02 Å². The molecule has 0 amide bonds. The lowest BCUT2D eigenvalue weighted by Gasteiger charge is -2.00. The summed E-state index contributed by atoms with van der Waals surface area (Å²) in [5.41, 5.74) is 1.49. The number of benzene rings is 2. The molecule has 1 heterocycles. The lowest BCUT2D eigenvalue weighted by molar-refractivity contribution is 0.0697. The van der Waals surface area contributed by atoms with Crippen molar-refractivity contribution >= 4 is 39.1 Å². The number of phenolic OH excluding ortho intramolecular Hbond substituents is 1. The SMILES string of the molecule is O=C(O)c1ccc2nc(-c3ccc(Cl)cc3O)sc2c1. The van der Waals surface area contributed by atoms with Crippen LogP contribution < -0.4 is 0 Å². The van der Waals surface area contributed by atoms with Crippen molar-refractivity contribution in [3.8, 4) is 16.3 Å². The number of hydrogen-bond acceptors (Lipinski definition) is 4. The molecule has 0 radical (unpaired) electrons. The highest BCUT2D eigenvalue weighted by molar-refractivity contribution is 7.21. The number of nitrogens with zero attached hydrogens (tertiary/aromatic N) is 1. The second-order valence-electron chi connectivity index (χ2n) is 4.17. The van der Waals surface area contributed by atoms with E-state index < -0.39 is 5.97 Å². The number of aromatic hydroxyl groups is 1. The predicted octanol–water partition coefficient (Wildman–Crippen LogP) is 4.02. The Morgan fingerprint density at radius 1 is 1.20 bits per heavy atom. The Labute approximate surface area is 122 Å². The number of halogens is 1. The van der Waals surface area contributed by atoms with Gasteiger partial charge in [0.2, 0.25) is 0 Å². The van der Waals surface area contributed by atoms with E-state index in [2.05, 4.69) is 4.98 Å². The fraction of sp³-hybridized carbons (Fsp3) is 0. The zero-order valence-electron chi connectivity index (χ0n) is 10.0. The molecule has 0 unspecified atom stereocenters. The van der Waals surface area contributed by atoms with E-state index >= 15 is 0 Å². The third-order valence-electron chi connectivity index (χ3n) is 2.83. The Kier molecular flexibility index (Phi) is 3.08. The first-order chi connectivity index (χ1) is 9.54. The molecule has 6 heteroatoms. The number of aromatic nitrogens is 1. The predicted molar refractivity (Wildman–Crippen MR) is 78.7 cm³/mol. The van der Waals surface area contributed by atoms with Gasteiger partial charge in [-0.15, -0.1) is 11.3 Å². The molecule has 3 rings (SSSR count). The van der Waals surface area contributed by atoms with Gasteiger partial charge in [-0.3, -0.25) is 0 Å². The van der Waals surface area contributed by atoms with Crippen LogP contribution in [0.5, 0.6) is 5.75 Å². The summed E-state index contributed by atoms with van der Waals surface area (Å²) in [6.45, 7) is 0. The molecule has 0 aliphatic rings. The van der Waals surface area contributed by atoms with Crippen molar-refractivity contribution in [3.63, 3.8) is 0 Å². The van der Waals surface area contributed by atoms with Crippen LogP contribution in [-0.2, 0) is 0 Å². The van der Waals surface area contributed by atoms with Crippen LogP contribution in [0.3, 0.4) is 0 Å². The van der Waals surface area contributed by atoms with E-state index in [9.17, 15) is 9.90 Å². The van der Waals surface area contributed by atoms with Gasteiger partial charge in [-0.25, -0.2) is 9.78 Å². The van der Waals surface area contributed by atoms with Gasteiger partial charge in [-0.1, -0.05) is 11.6 Å². The zero-order chi connectivity index (χ0) is 14.3. The average molecular weight is 306 g/mol. The Bertz CT molecular complexity index is 828. The molecule has 1 aromatic heterocycles. The summed E-state index contributed by atoms with van der Waals surface area (Å²) in [5, 5.41) is 19.9. The van der Waals surface area contributed by atoms with Crippen molar-refractivity contribution in [3.05, 3.63) is 47.0 Å². The number of carboxylic acids is 1. The Morgan fingerprint density at radius 2 is 2.00 bits per heavy atom. The maximum atomic E-state index is 10.9. The van der Waals surface area contributed by atoms with Gasteiger partial charge >= 0.3 is 5.97 Å². The van der Waals surface area contributed by atoms with Crippen molar-refractivity contribution in [2.75, 3.05) is 0 Å². The maximum absolute atomic E-state index is 10.9. The summed E-state index contributed by atoms with van der Waals surface area (Å²) in [5.74, 6) is -0.925. The molecule has 100 valence electrons. The van der Waals surface area contributed by atoms with Gasteiger partial charge in [0.05, 0.1) is 21.3 Å². The van der Waals surface area contributed by atoms with E-state index in [1.54, 1.807) is 24.3 Å². The third-order valence-corrected chi connectivity index (χ3v) is 4.11. The Morgan fingerprint density at radius 3 is 2.70 bits per heavy atom. The third kappa shape index (κ3) is 2.21. The molecule has 0 atom stereocenters. The summed E-state index contributed by atoms with van der Waals surface area (Å²) < 4.78 is 0.759. The molecule has 0 fully saturated rings. The summed E-state index contributed by atoms with van der Waals surface area (Å²) in [4.78, 5) is 15.3. The number of carboxylic acid groups (broad SMARTS) is 1. The summed E-state index contributed by atoms with van der Waals surface area (Å²) in [6.07, 6.45) is 0. The molecule has 0 saturated heterocycles. The van der Waals surface area contributed by atoms with Gasteiger partial charge < -0.3 is 10.2 Å². The molecule has 0 saturated carbocycles. The van der Waals surface area contributed by atoms with Crippen LogP contribution in [0.1, 0.15) is 10.4 Å². The number of thiazole rings is 1. The molecule has 20 heavy (non-hydrogen) atoms. The largest absolute Gasteiger partial charge is 0.507 e. The van der Waals surface area contributed by atoms with Crippen molar-refractivity contribution in [1.82, 2.24) is 4.98 Å². The average Bonchev–Trinajstić information content (AvgIpc) is 2.80. The fourth-order valence-corrected chi connectivity index (χ4v) is 3.06. The van der Waals surface area contributed by atoms with Crippen molar-refractivity contribution in [2.45, 2.75) is 0 Å². The number of carbonyl (C=O) groups is 1. The number of hydrogen-bond donors (Lipinski definition) is 2. The summed E-state index contributed by atoms with van der Waals surface area (Å²) >= 11 is 7.12. The van der Waals surface area contributed by atoms with Gasteiger partial charge in [-0.05, 0) is 36.4 Å². The van der Waals surface area contributed by atoms with Crippen LogP contribution in [0.4, 0.5) is 0 Å². The first-order valence-corrected chi connectivity index (χ1v) is 6.87. The second-order valence-corrected chi connectivity index (χ2v) is 5.64. The van der Waals surface area contributed by atoms with E-state index in [0.717, 1.165) is 4.70 Å². The Hall–Kier alpha value is -2.11. The highest BCUT2D eigenvalue weighted by Crippen LogP contribution is 2.36. The van der Waals surface area contributed by atoms with Crippen molar-refractivity contribution in [2.24, 2.45) is 0 Å². The minimum Gasteiger partial charge on any atom is -0.507 e. The minimum absolute atomic E-state index is 0.0509. The van der Waals surface area contributed by atoms with E-state index in [0.29, 0.717) is 21.1 Å². The molecule has 0 spiro atoms. The number of phenols is 1. The molecule has 0 bridgehead atoms. The first-order valence-electron chi connectivity index (χ1n) is 5.67. The van der Waals surface area contributed by atoms with E-state index in [4.69, 9.17) is 16.7 Å². The van der Waals surface area contributed by atoms with Gasteiger partial charge in [0, 0.05) is 5.02 Å². The lowest BCUT2D eigenvalue weighted by Crippen LogP contribution is -1.94. The van der Waals surface area contributed by atoms with Crippen LogP contribution >= 0.6 is 22.9 Å². The van der Waals surface area contributed by atoms with E-state index in [1.807, 2.05) is 0 Å². The van der Waals surface area contributed by atoms with Crippen LogP contribution in [0.25, 0.3) is 20.8 Å². The molecule has 2 N–H and O–H groups in total.